The van der Waals surface area contributed by atoms with E-state index in [0.29, 0.717) is 36.8 Å². The van der Waals surface area contributed by atoms with Crippen LogP contribution in [0, 0.1) is 5.82 Å². The lowest BCUT2D eigenvalue weighted by Crippen LogP contribution is -2.32. The third-order valence-electron chi connectivity index (χ3n) is 3.57. The molecule has 0 fully saturated rings. The predicted molar refractivity (Wildman–Crippen MR) is 95.7 cm³/mol. The molecule has 140 valence electrons. The van der Waals surface area contributed by atoms with Gasteiger partial charge >= 0.3 is 5.97 Å². The number of hydrogen-bond donors (Lipinski definition) is 0. The van der Waals surface area contributed by atoms with Gasteiger partial charge in [0.2, 0.25) is 0 Å². The zero-order chi connectivity index (χ0) is 18.9. The molecular weight excluding hydrogens is 359 g/mol. The van der Waals surface area contributed by atoms with Gasteiger partial charge in [0.05, 0.1) is 13.7 Å². The normalized spacial score (nSPS) is 10.6. The van der Waals surface area contributed by atoms with Crippen LogP contribution in [-0.2, 0) is 16.0 Å². The molecule has 0 saturated carbocycles. The van der Waals surface area contributed by atoms with E-state index in [9.17, 15) is 14.0 Å². The number of ether oxygens (including phenoxy) is 2. The number of halogens is 1. The van der Waals surface area contributed by atoms with Crippen LogP contribution >= 0.6 is 11.3 Å². The van der Waals surface area contributed by atoms with Crippen molar-refractivity contribution in [3.8, 4) is 0 Å². The molecule has 0 aliphatic heterocycles. The number of carbonyl (C=O) groups excluding carboxylic acids is 2. The minimum absolute atomic E-state index is 0.219. The highest BCUT2D eigenvalue weighted by atomic mass is 32.1. The van der Waals surface area contributed by atoms with Crippen LogP contribution in [0.3, 0.4) is 0 Å². The molecule has 0 aliphatic rings. The molecule has 2 aromatic rings. The summed E-state index contributed by atoms with van der Waals surface area (Å²) in [5.41, 5.74) is 0.614. The molecule has 0 N–H and O–H groups in total. The van der Waals surface area contributed by atoms with Crippen molar-refractivity contribution < 1.29 is 23.5 Å². The van der Waals surface area contributed by atoms with Gasteiger partial charge in [0.25, 0.3) is 5.91 Å². The van der Waals surface area contributed by atoms with E-state index in [2.05, 4.69) is 9.72 Å². The Hall–Kier alpha value is -2.32. The third-order valence-corrected chi connectivity index (χ3v) is 4.41. The van der Waals surface area contributed by atoms with Gasteiger partial charge in [-0.25, -0.2) is 14.2 Å². The van der Waals surface area contributed by atoms with Crippen molar-refractivity contribution in [3.05, 3.63) is 51.7 Å². The number of hydrogen-bond acceptors (Lipinski definition) is 6. The van der Waals surface area contributed by atoms with E-state index in [0.717, 1.165) is 0 Å². The van der Waals surface area contributed by atoms with Crippen LogP contribution in [0.5, 0.6) is 0 Å². The molecule has 0 bridgehead atoms. The summed E-state index contributed by atoms with van der Waals surface area (Å²) in [7, 11) is 1.29. The number of nitrogens with zero attached hydrogens (tertiary/aromatic N) is 2. The molecule has 0 radical (unpaired) electrons. The van der Waals surface area contributed by atoms with Crippen molar-refractivity contribution in [2.75, 3.05) is 26.9 Å². The second kappa shape index (κ2) is 9.98. The summed E-state index contributed by atoms with van der Waals surface area (Å²) in [6, 6.07) is 5.42. The van der Waals surface area contributed by atoms with Gasteiger partial charge in [-0.05, 0) is 37.6 Å². The van der Waals surface area contributed by atoms with Crippen LogP contribution in [0.2, 0.25) is 0 Å². The van der Waals surface area contributed by atoms with Gasteiger partial charge in [-0.15, -0.1) is 11.3 Å². The first-order valence-corrected chi connectivity index (χ1v) is 9.08. The molecule has 26 heavy (non-hydrogen) atoms. The van der Waals surface area contributed by atoms with Gasteiger partial charge in [0, 0.05) is 30.7 Å². The van der Waals surface area contributed by atoms with Gasteiger partial charge < -0.3 is 14.4 Å². The summed E-state index contributed by atoms with van der Waals surface area (Å²) < 4.78 is 23.1. The number of benzene rings is 1. The lowest BCUT2D eigenvalue weighted by atomic mass is 10.2. The van der Waals surface area contributed by atoms with Crippen molar-refractivity contribution in [3.63, 3.8) is 0 Å². The largest absolute Gasteiger partial charge is 0.464 e. The lowest BCUT2D eigenvalue weighted by Gasteiger charge is -2.22. The quantitative estimate of drug-likeness (QED) is 0.494. The number of thiazole rings is 1. The highest BCUT2D eigenvalue weighted by molar-refractivity contribution is 7.09. The third kappa shape index (κ3) is 5.60. The van der Waals surface area contributed by atoms with Crippen LogP contribution in [-0.4, -0.2) is 48.6 Å². The molecule has 8 heteroatoms. The number of carbonyl (C=O) groups is 2. The Morgan fingerprint density at radius 1 is 1.27 bits per heavy atom. The smallest absolute Gasteiger partial charge is 0.357 e. The number of amides is 1. The zero-order valence-electron chi connectivity index (χ0n) is 14.7. The molecule has 0 atom stereocenters. The van der Waals surface area contributed by atoms with Crippen LogP contribution in [0.4, 0.5) is 4.39 Å². The Bertz CT molecular complexity index is 733. The average molecular weight is 380 g/mol. The lowest BCUT2D eigenvalue weighted by molar-refractivity contribution is 0.0594. The van der Waals surface area contributed by atoms with E-state index < -0.39 is 11.8 Å². The fraction of sp³-hybridized carbons (Fsp3) is 0.389. The summed E-state index contributed by atoms with van der Waals surface area (Å²) in [4.78, 5) is 30.1. The van der Waals surface area contributed by atoms with Gasteiger partial charge in [-0.1, -0.05) is 0 Å². The molecule has 2 rings (SSSR count). The number of aromatic nitrogens is 1. The minimum atomic E-state index is -0.514. The maximum Gasteiger partial charge on any atom is 0.357 e. The Labute approximate surface area is 155 Å². The van der Waals surface area contributed by atoms with Gasteiger partial charge in [0.15, 0.2) is 5.69 Å². The zero-order valence-corrected chi connectivity index (χ0v) is 15.6. The maximum atomic E-state index is 13.1. The maximum absolute atomic E-state index is 13.1. The Morgan fingerprint density at radius 3 is 2.65 bits per heavy atom. The van der Waals surface area contributed by atoms with Crippen molar-refractivity contribution in [1.29, 1.82) is 0 Å². The molecule has 0 saturated heterocycles. The van der Waals surface area contributed by atoms with Crippen molar-refractivity contribution in [1.82, 2.24) is 9.88 Å². The van der Waals surface area contributed by atoms with Crippen LogP contribution in [0.25, 0.3) is 0 Å². The Balaban J connectivity index is 2.11. The molecule has 1 heterocycles. The Morgan fingerprint density at radius 2 is 2.00 bits per heavy atom. The van der Waals surface area contributed by atoms with E-state index in [1.807, 2.05) is 6.92 Å². The molecule has 1 aromatic heterocycles. The summed E-state index contributed by atoms with van der Waals surface area (Å²) in [6.07, 6.45) is 0.663. The highest BCUT2D eigenvalue weighted by Gasteiger charge is 2.19. The van der Waals surface area contributed by atoms with E-state index >= 15 is 0 Å². The SMILES string of the molecule is CCOCCCN(Cc1nc(C(=O)OC)cs1)C(=O)c1ccc(F)cc1. The summed E-state index contributed by atoms with van der Waals surface area (Å²) in [6.45, 7) is 3.77. The van der Waals surface area contributed by atoms with Crippen molar-refractivity contribution in [2.45, 2.75) is 19.9 Å². The molecule has 0 unspecified atom stereocenters. The molecule has 0 aliphatic carbocycles. The fourth-order valence-electron chi connectivity index (χ4n) is 2.27. The average Bonchev–Trinajstić information content (AvgIpc) is 3.12. The Kier molecular flexibility index (Phi) is 7.68. The van der Waals surface area contributed by atoms with E-state index in [4.69, 9.17) is 4.74 Å². The standard InChI is InChI=1S/C18H21FN2O4S/c1-3-25-10-4-9-21(17(22)13-5-7-14(19)8-6-13)11-16-20-15(12-26-16)18(23)24-2/h5-8,12H,3-4,9-11H2,1-2H3. The molecule has 1 aromatic carbocycles. The first-order chi connectivity index (χ1) is 12.5. The van der Waals surface area contributed by atoms with E-state index in [-0.39, 0.29) is 18.1 Å². The van der Waals surface area contributed by atoms with Crippen molar-refractivity contribution >= 4 is 23.2 Å². The van der Waals surface area contributed by atoms with Crippen LogP contribution in [0.15, 0.2) is 29.6 Å². The monoisotopic (exact) mass is 380 g/mol. The number of methoxy groups -OCH3 is 1. The molecule has 1 amide bonds. The van der Waals surface area contributed by atoms with Crippen molar-refractivity contribution in [2.24, 2.45) is 0 Å². The topological polar surface area (TPSA) is 68.7 Å². The summed E-state index contributed by atoms with van der Waals surface area (Å²) in [5.74, 6) is -1.14. The van der Waals surface area contributed by atoms with E-state index in [1.54, 1.807) is 10.3 Å². The first-order valence-electron chi connectivity index (χ1n) is 8.20. The van der Waals surface area contributed by atoms with Crippen LogP contribution < -0.4 is 0 Å². The van der Waals surface area contributed by atoms with Gasteiger partial charge in [0.1, 0.15) is 10.8 Å². The fourth-order valence-corrected chi connectivity index (χ4v) is 3.05. The minimum Gasteiger partial charge on any atom is -0.464 e. The molecule has 6 nitrogen and oxygen atoms in total. The van der Waals surface area contributed by atoms with E-state index in [1.165, 1.54) is 42.7 Å². The van der Waals surface area contributed by atoms with Gasteiger partial charge in [-0.2, -0.15) is 0 Å². The van der Waals surface area contributed by atoms with Gasteiger partial charge in [-0.3, -0.25) is 4.79 Å². The second-order valence-corrected chi connectivity index (χ2v) is 6.34. The number of rotatable bonds is 9. The summed E-state index contributed by atoms with van der Waals surface area (Å²) >= 11 is 1.28. The first kappa shape index (κ1) is 20.0. The molecule has 0 spiro atoms. The predicted octanol–water partition coefficient (Wildman–Crippen LogP) is 3.14. The highest BCUT2D eigenvalue weighted by Crippen LogP contribution is 2.16. The second-order valence-electron chi connectivity index (χ2n) is 5.40. The summed E-state index contributed by atoms with van der Waals surface area (Å²) in [5, 5.41) is 2.22. The number of esters is 1. The molecular formula is C18H21FN2O4S. The van der Waals surface area contributed by atoms with Crippen LogP contribution in [0.1, 0.15) is 39.2 Å².